The van der Waals surface area contributed by atoms with Gasteiger partial charge in [0.25, 0.3) is 0 Å². The Balaban J connectivity index is 1.77. The molecule has 2 aromatic heterocycles. The molecule has 0 spiro atoms. The summed E-state index contributed by atoms with van der Waals surface area (Å²) >= 11 is 0. The van der Waals surface area contributed by atoms with E-state index in [0.29, 0.717) is 6.04 Å². The van der Waals surface area contributed by atoms with Crippen molar-refractivity contribution in [2.75, 3.05) is 6.54 Å². The van der Waals surface area contributed by atoms with Gasteiger partial charge >= 0.3 is 0 Å². The number of hydrogen-bond acceptors (Lipinski definition) is 5. The van der Waals surface area contributed by atoms with Crippen molar-refractivity contribution in [3.05, 3.63) is 29.5 Å². The first-order chi connectivity index (χ1) is 9.24. The number of nitrogens with one attached hydrogen (secondary N) is 1. The zero-order valence-electron chi connectivity index (χ0n) is 11.4. The first kappa shape index (κ1) is 12.3. The van der Waals surface area contributed by atoms with Crippen molar-refractivity contribution in [2.45, 2.75) is 45.7 Å². The average molecular weight is 261 g/mol. The molecule has 0 saturated carbocycles. The molecule has 1 aliphatic heterocycles. The van der Waals surface area contributed by atoms with E-state index in [1.165, 1.54) is 12.8 Å². The number of nitrogens with zero attached hydrogens (tertiary/aromatic N) is 4. The fourth-order valence-corrected chi connectivity index (χ4v) is 2.65. The molecule has 3 rings (SSSR count). The topological polar surface area (TPSA) is 70.8 Å². The van der Waals surface area contributed by atoms with E-state index >= 15 is 0 Å². The summed E-state index contributed by atoms with van der Waals surface area (Å²) in [6.45, 7) is 5.72. The lowest BCUT2D eigenvalue weighted by atomic mass is 10.0. The Morgan fingerprint density at radius 2 is 2.32 bits per heavy atom. The lowest BCUT2D eigenvalue weighted by Crippen LogP contribution is -2.33. The summed E-state index contributed by atoms with van der Waals surface area (Å²) in [7, 11) is 0. The van der Waals surface area contributed by atoms with Gasteiger partial charge in [-0.2, -0.15) is 5.10 Å². The predicted octanol–water partition coefficient (Wildman–Crippen LogP) is 2.14. The van der Waals surface area contributed by atoms with Crippen LogP contribution >= 0.6 is 0 Å². The Morgan fingerprint density at radius 1 is 1.42 bits per heavy atom. The highest BCUT2D eigenvalue weighted by molar-refractivity contribution is 5.06. The molecule has 1 aliphatic rings. The summed E-state index contributed by atoms with van der Waals surface area (Å²) in [4.78, 5) is 11.1. The number of aryl methyl sites for hydroxylation is 2. The Bertz CT molecular complexity index is 514. The van der Waals surface area contributed by atoms with Gasteiger partial charge in [0.05, 0.1) is 18.3 Å². The molecule has 19 heavy (non-hydrogen) atoms. The highest BCUT2D eigenvalue weighted by Gasteiger charge is 2.27. The third kappa shape index (κ3) is 2.53. The molecule has 0 radical (unpaired) electrons. The van der Waals surface area contributed by atoms with Gasteiger partial charge < -0.3 is 4.42 Å². The molecule has 0 aromatic carbocycles. The number of hydrogen-bond donors (Lipinski definition) is 1. The number of piperidine rings is 1. The van der Waals surface area contributed by atoms with Crippen LogP contribution in [0.25, 0.3) is 0 Å². The molecule has 0 bridgehead atoms. The van der Waals surface area contributed by atoms with E-state index in [1.807, 2.05) is 13.8 Å². The van der Waals surface area contributed by atoms with E-state index in [2.05, 4.69) is 25.1 Å². The third-order valence-corrected chi connectivity index (χ3v) is 3.77. The first-order valence-corrected chi connectivity index (χ1v) is 6.76. The molecule has 102 valence electrons. The summed E-state index contributed by atoms with van der Waals surface area (Å²) in [5.74, 6) is 2.64. The van der Waals surface area contributed by atoms with Crippen LogP contribution in [0.2, 0.25) is 0 Å². The van der Waals surface area contributed by atoms with E-state index in [0.717, 1.165) is 42.7 Å². The minimum absolute atomic E-state index is 0.295. The second-order valence-corrected chi connectivity index (χ2v) is 5.10. The van der Waals surface area contributed by atoms with Gasteiger partial charge in [-0.05, 0) is 33.2 Å². The van der Waals surface area contributed by atoms with Gasteiger partial charge in [-0.3, -0.25) is 10.00 Å². The zero-order chi connectivity index (χ0) is 13.2. The summed E-state index contributed by atoms with van der Waals surface area (Å²) in [5, 5.41) is 6.94. The monoisotopic (exact) mass is 261 g/mol. The molecule has 1 fully saturated rings. The van der Waals surface area contributed by atoms with Crippen LogP contribution in [0, 0.1) is 13.8 Å². The van der Waals surface area contributed by atoms with Crippen LogP contribution in [0.4, 0.5) is 0 Å². The maximum Gasteiger partial charge on any atom is 0.208 e. The fraction of sp³-hybridized carbons (Fsp3) is 0.615. The molecule has 3 heterocycles. The van der Waals surface area contributed by atoms with Crippen molar-refractivity contribution in [3.8, 4) is 0 Å². The first-order valence-electron chi connectivity index (χ1n) is 6.76. The SMILES string of the molecule is Cc1nc(CN2CCCC[C@@H]2c2ncn[nH]2)oc1C. The van der Waals surface area contributed by atoms with Gasteiger partial charge in [0.15, 0.2) is 0 Å². The van der Waals surface area contributed by atoms with Crippen molar-refractivity contribution in [2.24, 2.45) is 0 Å². The van der Waals surface area contributed by atoms with Crippen molar-refractivity contribution in [1.82, 2.24) is 25.1 Å². The Hall–Kier alpha value is -1.69. The molecule has 6 heteroatoms. The van der Waals surface area contributed by atoms with Crippen LogP contribution in [-0.4, -0.2) is 31.6 Å². The fourth-order valence-electron chi connectivity index (χ4n) is 2.65. The van der Waals surface area contributed by atoms with Gasteiger partial charge in [-0.15, -0.1) is 0 Å². The number of H-pyrrole nitrogens is 1. The molecule has 1 atom stereocenters. The number of aromatic nitrogens is 4. The molecular formula is C13H19N5O. The second kappa shape index (κ2) is 5.13. The van der Waals surface area contributed by atoms with E-state index in [1.54, 1.807) is 6.33 Å². The molecule has 0 aliphatic carbocycles. The quantitative estimate of drug-likeness (QED) is 0.916. The molecule has 0 unspecified atom stereocenters. The summed E-state index contributed by atoms with van der Waals surface area (Å²) in [6, 6.07) is 0.295. The van der Waals surface area contributed by atoms with Crippen LogP contribution in [-0.2, 0) is 6.54 Å². The predicted molar refractivity (Wildman–Crippen MR) is 69.4 cm³/mol. The van der Waals surface area contributed by atoms with Gasteiger partial charge in [-0.25, -0.2) is 9.97 Å². The standard InChI is InChI=1S/C13H19N5O/c1-9-10(2)19-12(16-9)7-18-6-4-3-5-11(18)13-14-8-15-17-13/h8,11H,3-7H2,1-2H3,(H,14,15,17)/t11-/m1/s1. The van der Waals surface area contributed by atoms with Crippen LogP contribution in [0.15, 0.2) is 10.7 Å². The lowest BCUT2D eigenvalue weighted by molar-refractivity contribution is 0.121. The Labute approximate surface area is 112 Å². The van der Waals surface area contributed by atoms with E-state index in [4.69, 9.17) is 4.42 Å². The van der Waals surface area contributed by atoms with E-state index in [-0.39, 0.29) is 0 Å². The molecule has 1 N–H and O–H groups in total. The van der Waals surface area contributed by atoms with Crippen LogP contribution in [0.3, 0.4) is 0 Å². The lowest BCUT2D eigenvalue weighted by Gasteiger charge is -2.33. The molecule has 2 aromatic rings. The molecular weight excluding hydrogens is 242 g/mol. The van der Waals surface area contributed by atoms with Crippen LogP contribution in [0.5, 0.6) is 0 Å². The number of rotatable bonds is 3. The number of aromatic amines is 1. The van der Waals surface area contributed by atoms with Gasteiger partial charge in [0.2, 0.25) is 5.89 Å². The maximum absolute atomic E-state index is 5.68. The highest BCUT2D eigenvalue weighted by atomic mass is 16.4. The largest absolute Gasteiger partial charge is 0.444 e. The van der Waals surface area contributed by atoms with Gasteiger partial charge in [0, 0.05) is 0 Å². The molecule has 0 amide bonds. The van der Waals surface area contributed by atoms with Crippen molar-refractivity contribution in [3.63, 3.8) is 0 Å². The smallest absolute Gasteiger partial charge is 0.208 e. The average Bonchev–Trinajstić information content (AvgIpc) is 3.02. The van der Waals surface area contributed by atoms with Crippen molar-refractivity contribution >= 4 is 0 Å². The Morgan fingerprint density at radius 3 is 3.00 bits per heavy atom. The zero-order valence-corrected chi connectivity index (χ0v) is 11.4. The highest BCUT2D eigenvalue weighted by Crippen LogP contribution is 2.29. The van der Waals surface area contributed by atoms with Gasteiger partial charge in [0.1, 0.15) is 17.9 Å². The summed E-state index contributed by atoms with van der Waals surface area (Å²) < 4.78 is 5.68. The van der Waals surface area contributed by atoms with E-state index < -0.39 is 0 Å². The molecule has 1 saturated heterocycles. The maximum atomic E-state index is 5.68. The normalized spacial score (nSPS) is 20.8. The number of likely N-dealkylation sites (tertiary alicyclic amines) is 1. The number of oxazole rings is 1. The molecule has 6 nitrogen and oxygen atoms in total. The minimum Gasteiger partial charge on any atom is -0.444 e. The summed E-state index contributed by atoms with van der Waals surface area (Å²) in [6.07, 6.45) is 5.12. The van der Waals surface area contributed by atoms with Crippen LogP contribution < -0.4 is 0 Å². The Kier molecular flexibility index (Phi) is 3.33. The second-order valence-electron chi connectivity index (χ2n) is 5.10. The summed E-state index contributed by atoms with van der Waals surface area (Å²) in [5.41, 5.74) is 0.975. The van der Waals surface area contributed by atoms with Gasteiger partial charge in [-0.1, -0.05) is 6.42 Å². The minimum atomic E-state index is 0.295. The van der Waals surface area contributed by atoms with Crippen molar-refractivity contribution < 1.29 is 4.42 Å². The van der Waals surface area contributed by atoms with Crippen LogP contribution in [0.1, 0.15) is 48.5 Å². The third-order valence-electron chi connectivity index (χ3n) is 3.77. The van der Waals surface area contributed by atoms with Crippen molar-refractivity contribution in [1.29, 1.82) is 0 Å². The van der Waals surface area contributed by atoms with E-state index in [9.17, 15) is 0 Å².